The maximum atomic E-state index is 12.9. The lowest BCUT2D eigenvalue weighted by Gasteiger charge is -2.28. The molecule has 2 aromatic carbocycles. The zero-order valence-corrected chi connectivity index (χ0v) is 24.5. The van der Waals surface area contributed by atoms with Crippen molar-refractivity contribution in [2.75, 3.05) is 26.4 Å². The highest BCUT2D eigenvalue weighted by Gasteiger charge is 2.39. The number of benzene rings is 2. The number of carbonyl (C=O) groups excluding carboxylic acids is 2. The molecule has 0 fully saturated rings. The van der Waals surface area contributed by atoms with Gasteiger partial charge in [0.2, 0.25) is 0 Å². The Hall–Kier alpha value is -3.92. The molecule has 15 heteroatoms. The van der Waals surface area contributed by atoms with Gasteiger partial charge in [0.25, 0.3) is 17.3 Å². The van der Waals surface area contributed by atoms with E-state index in [4.69, 9.17) is 18.0 Å². The summed E-state index contributed by atoms with van der Waals surface area (Å²) in [5.74, 6) is -0.807. The molecule has 0 aliphatic heterocycles. The molecule has 2 atom stereocenters. The molecule has 0 heterocycles. The van der Waals surface area contributed by atoms with Crippen LogP contribution >= 0.6 is 0 Å². The highest BCUT2D eigenvalue weighted by molar-refractivity contribution is 6.60. The summed E-state index contributed by atoms with van der Waals surface area (Å²) in [5, 5.41) is 27.8. The third-order valence-corrected chi connectivity index (χ3v) is 8.93. The second-order valence-corrected chi connectivity index (χ2v) is 11.5. The number of nitrogens with one attached hydrogen (secondary N) is 2. The van der Waals surface area contributed by atoms with Crippen molar-refractivity contribution < 1.29 is 37.5 Å². The van der Waals surface area contributed by atoms with Crippen LogP contribution in [0.1, 0.15) is 56.1 Å². The summed E-state index contributed by atoms with van der Waals surface area (Å²) < 4.78 is 23.1. The van der Waals surface area contributed by atoms with Gasteiger partial charge in [-0.15, -0.1) is 0 Å². The largest absolute Gasteiger partial charge is 0.500 e. The van der Waals surface area contributed by atoms with Crippen molar-refractivity contribution in [1.29, 1.82) is 0 Å². The number of amides is 2. The van der Waals surface area contributed by atoms with Gasteiger partial charge >= 0.3 is 14.9 Å². The third-order valence-electron chi connectivity index (χ3n) is 5.78. The number of carbonyl (C=O) groups is 2. The van der Waals surface area contributed by atoms with Crippen molar-refractivity contribution in [3.05, 3.63) is 79.9 Å². The van der Waals surface area contributed by atoms with Crippen LogP contribution in [0.3, 0.4) is 0 Å². The lowest BCUT2D eigenvalue weighted by Crippen LogP contribution is -2.46. The molecule has 2 aromatic rings. The molecule has 0 saturated heterocycles. The first-order valence-electron chi connectivity index (χ1n) is 13.2. The second-order valence-electron chi connectivity index (χ2n) is 8.76. The zero-order valence-electron chi connectivity index (χ0n) is 23.5. The van der Waals surface area contributed by atoms with Gasteiger partial charge in [-0.05, 0) is 39.7 Å². The predicted octanol–water partition coefficient (Wildman–Crippen LogP) is 4.53. The van der Waals surface area contributed by atoms with E-state index >= 15 is 0 Å². The molecular weight excluding hydrogens is 556 g/mol. The van der Waals surface area contributed by atoms with Crippen LogP contribution in [0.4, 0.5) is 16.2 Å². The Morgan fingerprint density at radius 3 is 1.93 bits per heavy atom. The first-order chi connectivity index (χ1) is 19.6. The molecule has 0 unspecified atom stereocenters. The Kier molecular flexibility index (Phi) is 13.3. The molecule has 0 aromatic heterocycles. The molecular formula is C26H36N4O10Si. The predicted molar refractivity (Wildman–Crippen MR) is 150 cm³/mol. The number of hydrogen-bond acceptors (Lipinski definition) is 10. The van der Waals surface area contributed by atoms with Crippen LogP contribution in [-0.2, 0) is 18.0 Å². The molecule has 2 N–H and O–H groups in total. The van der Waals surface area contributed by atoms with E-state index in [1.165, 1.54) is 0 Å². The van der Waals surface area contributed by atoms with Gasteiger partial charge in [0.1, 0.15) is 6.10 Å². The molecule has 224 valence electrons. The molecule has 0 aliphatic carbocycles. The maximum Gasteiger partial charge on any atom is 0.500 e. The molecule has 0 bridgehead atoms. The number of ether oxygens (including phenoxy) is 1. The third kappa shape index (κ3) is 10.2. The van der Waals surface area contributed by atoms with Crippen LogP contribution in [0.25, 0.3) is 0 Å². The van der Waals surface area contributed by atoms with Gasteiger partial charge in [0.05, 0.1) is 27.5 Å². The van der Waals surface area contributed by atoms with Gasteiger partial charge in [0, 0.05) is 44.5 Å². The molecule has 0 saturated carbocycles. The fraction of sp³-hybridized carbons (Fsp3) is 0.462. The average molecular weight is 593 g/mol. The fourth-order valence-corrected chi connectivity index (χ4v) is 6.67. The van der Waals surface area contributed by atoms with Crippen molar-refractivity contribution in [1.82, 2.24) is 10.6 Å². The number of nitrogens with zero attached hydrogens (tertiary/aromatic N) is 2. The zero-order chi connectivity index (χ0) is 30.4. The lowest BCUT2D eigenvalue weighted by atomic mass is 10.0. The molecule has 0 spiro atoms. The number of non-ortho nitro benzene ring substituents is 2. The molecule has 14 nitrogen and oxygen atoms in total. The van der Waals surface area contributed by atoms with Crippen LogP contribution in [0.2, 0.25) is 6.04 Å². The Bertz CT molecular complexity index is 1130. The topological polar surface area (TPSA) is 181 Å². The van der Waals surface area contributed by atoms with Gasteiger partial charge in [-0.3, -0.25) is 25.0 Å². The summed E-state index contributed by atoms with van der Waals surface area (Å²) in [6, 6.07) is 11.0. The van der Waals surface area contributed by atoms with Gasteiger partial charge in [-0.25, -0.2) is 4.79 Å². The van der Waals surface area contributed by atoms with Crippen molar-refractivity contribution in [2.24, 2.45) is 0 Å². The highest BCUT2D eigenvalue weighted by atomic mass is 28.4. The smallest absolute Gasteiger partial charge is 0.439 e. The molecule has 2 amide bonds. The number of rotatable bonds is 17. The van der Waals surface area contributed by atoms with E-state index in [1.54, 1.807) is 37.3 Å². The Balaban J connectivity index is 2.11. The van der Waals surface area contributed by atoms with Crippen LogP contribution < -0.4 is 10.6 Å². The van der Waals surface area contributed by atoms with Crippen LogP contribution in [-0.4, -0.2) is 63.1 Å². The Morgan fingerprint density at radius 1 is 0.902 bits per heavy atom. The van der Waals surface area contributed by atoms with Crippen LogP contribution in [0.15, 0.2) is 48.5 Å². The SMILES string of the molecule is CCO[Si](CCCNC(=O)O[C@@H](c1ccccc1)[C@@H](C)NC(=O)c1cc([N+](=O)[O-])cc([N+](=O)[O-])c1)(OCC)OCC. The monoisotopic (exact) mass is 592 g/mol. The molecule has 0 aliphatic rings. The molecule has 0 radical (unpaired) electrons. The summed E-state index contributed by atoms with van der Waals surface area (Å²) in [5.41, 5.74) is -0.898. The van der Waals surface area contributed by atoms with E-state index in [9.17, 15) is 29.8 Å². The first-order valence-corrected chi connectivity index (χ1v) is 15.1. The minimum absolute atomic E-state index is 0.250. The second kappa shape index (κ2) is 16.4. The first kappa shape index (κ1) is 33.3. The van der Waals surface area contributed by atoms with Gasteiger partial charge < -0.3 is 28.6 Å². The van der Waals surface area contributed by atoms with E-state index in [1.807, 2.05) is 20.8 Å². The van der Waals surface area contributed by atoms with E-state index in [0.717, 1.165) is 18.2 Å². The van der Waals surface area contributed by atoms with Crippen molar-refractivity contribution in [2.45, 2.75) is 52.3 Å². The van der Waals surface area contributed by atoms with E-state index in [2.05, 4.69) is 10.6 Å². The van der Waals surface area contributed by atoms with E-state index in [-0.39, 0.29) is 12.1 Å². The van der Waals surface area contributed by atoms with Gasteiger partial charge in [-0.1, -0.05) is 30.3 Å². The quantitative estimate of drug-likeness (QED) is 0.115. The number of nitro groups is 2. The standard InChI is InChI=1S/C26H36N4O10Si/c1-5-37-41(38-6-2,39-7-3)15-11-14-27-26(32)40-24(20-12-9-8-10-13-20)19(4)28-25(31)21-16-22(29(33)34)18-23(17-21)30(35)36/h8-10,12-13,16-19,24H,5-7,11,14-15H2,1-4H3,(H,27,32)(H,28,31)/t19-,24-/m1/s1. The van der Waals surface area contributed by atoms with Crippen LogP contribution in [0, 0.1) is 20.2 Å². The number of alkyl carbamates (subject to hydrolysis) is 1. The lowest BCUT2D eigenvalue weighted by molar-refractivity contribution is -0.394. The number of nitro benzene ring substituents is 2. The molecule has 2 rings (SSSR count). The van der Waals surface area contributed by atoms with Gasteiger partial charge in [-0.2, -0.15) is 0 Å². The maximum absolute atomic E-state index is 12.9. The molecule has 41 heavy (non-hydrogen) atoms. The van der Waals surface area contributed by atoms with E-state index in [0.29, 0.717) is 37.8 Å². The summed E-state index contributed by atoms with van der Waals surface area (Å²) in [7, 11) is -2.87. The van der Waals surface area contributed by atoms with Gasteiger partial charge in [0.15, 0.2) is 0 Å². The Labute approximate surface area is 239 Å². The Morgan fingerprint density at radius 2 is 1.44 bits per heavy atom. The minimum atomic E-state index is -2.87. The van der Waals surface area contributed by atoms with Crippen LogP contribution in [0.5, 0.6) is 0 Å². The number of hydrogen-bond donors (Lipinski definition) is 2. The minimum Gasteiger partial charge on any atom is -0.439 e. The fourth-order valence-electron chi connectivity index (χ4n) is 4.06. The summed E-state index contributed by atoms with van der Waals surface area (Å²) in [6.07, 6.45) is -1.17. The normalized spacial score (nSPS) is 12.7. The van der Waals surface area contributed by atoms with Crippen molar-refractivity contribution in [3.8, 4) is 0 Å². The van der Waals surface area contributed by atoms with Crippen molar-refractivity contribution in [3.63, 3.8) is 0 Å². The summed E-state index contributed by atoms with van der Waals surface area (Å²) in [6.45, 7) is 8.73. The summed E-state index contributed by atoms with van der Waals surface area (Å²) >= 11 is 0. The highest BCUT2D eigenvalue weighted by Crippen LogP contribution is 2.25. The summed E-state index contributed by atoms with van der Waals surface area (Å²) in [4.78, 5) is 46.5. The van der Waals surface area contributed by atoms with E-state index < -0.39 is 54.2 Å². The average Bonchev–Trinajstić information content (AvgIpc) is 2.94. The van der Waals surface area contributed by atoms with Crippen molar-refractivity contribution >= 4 is 32.2 Å².